The lowest BCUT2D eigenvalue weighted by Gasteiger charge is -2.39. The van der Waals surface area contributed by atoms with E-state index in [1.165, 1.54) is 34.0 Å². The van der Waals surface area contributed by atoms with Crippen molar-refractivity contribution in [2.45, 2.75) is 19.8 Å². The lowest BCUT2D eigenvalue weighted by atomic mass is 9.99. The maximum atomic E-state index is 2.37. The second-order valence-electron chi connectivity index (χ2n) is 6.62. The molecular formula is C22H22N2. The molecule has 0 spiro atoms. The average molecular weight is 314 g/mol. The van der Waals surface area contributed by atoms with Crippen LogP contribution in [-0.4, -0.2) is 7.05 Å². The molecule has 0 unspecified atom stereocenters. The van der Waals surface area contributed by atoms with Crippen molar-refractivity contribution in [3.05, 3.63) is 78.4 Å². The Balaban J connectivity index is 1.99. The number of fused-ring (bicyclic) bond motifs is 2. The zero-order valence-electron chi connectivity index (χ0n) is 14.4. The van der Waals surface area contributed by atoms with E-state index in [0.29, 0.717) is 5.92 Å². The van der Waals surface area contributed by atoms with Crippen molar-refractivity contribution in [2.24, 2.45) is 0 Å². The van der Waals surface area contributed by atoms with Crippen LogP contribution >= 0.6 is 0 Å². The minimum absolute atomic E-state index is 0.510. The Morgan fingerprint density at radius 1 is 0.667 bits per heavy atom. The minimum Gasteiger partial charge on any atom is -0.341 e. The van der Waals surface area contributed by atoms with Gasteiger partial charge in [-0.05, 0) is 47.9 Å². The zero-order chi connectivity index (χ0) is 16.7. The number of para-hydroxylation sites is 3. The van der Waals surface area contributed by atoms with Crippen LogP contribution < -0.4 is 9.80 Å². The van der Waals surface area contributed by atoms with Crippen molar-refractivity contribution in [3.63, 3.8) is 0 Å². The topological polar surface area (TPSA) is 6.48 Å². The fraction of sp³-hybridized carbons (Fsp3) is 0.182. The molecule has 3 aromatic rings. The molecule has 1 heterocycles. The molecule has 4 rings (SSSR count). The number of hydrogen-bond donors (Lipinski definition) is 0. The largest absolute Gasteiger partial charge is 0.341 e. The lowest BCUT2D eigenvalue weighted by molar-refractivity contribution is 0.865. The SMILES string of the molecule is CC(C)c1ccc2c(c1)N(c1ccccc1)c1ccccc1N2C. The normalized spacial score (nSPS) is 13.0. The van der Waals surface area contributed by atoms with Gasteiger partial charge in [0.15, 0.2) is 0 Å². The molecule has 0 aromatic heterocycles. The molecule has 0 saturated carbocycles. The molecule has 1 aliphatic heterocycles. The van der Waals surface area contributed by atoms with Gasteiger partial charge in [0.1, 0.15) is 0 Å². The summed E-state index contributed by atoms with van der Waals surface area (Å²) < 4.78 is 0. The van der Waals surface area contributed by atoms with Crippen molar-refractivity contribution in [1.82, 2.24) is 0 Å². The highest BCUT2D eigenvalue weighted by molar-refractivity contribution is 5.97. The highest BCUT2D eigenvalue weighted by Crippen LogP contribution is 2.50. The third-order valence-corrected chi connectivity index (χ3v) is 4.77. The van der Waals surface area contributed by atoms with Gasteiger partial charge in [0.25, 0.3) is 0 Å². The number of nitrogens with zero attached hydrogens (tertiary/aromatic N) is 2. The fourth-order valence-corrected chi connectivity index (χ4v) is 3.41. The summed E-state index contributed by atoms with van der Waals surface area (Å²) in [5.41, 5.74) is 7.49. The molecule has 2 nitrogen and oxygen atoms in total. The van der Waals surface area contributed by atoms with Crippen LogP contribution in [0.5, 0.6) is 0 Å². The Morgan fingerprint density at radius 3 is 2.00 bits per heavy atom. The van der Waals surface area contributed by atoms with Crippen LogP contribution in [0.2, 0.25) is 0 Å². The standard InChI is InChI=1S/C22H22N2/c1-16(2)17-13-14-20-22(15-17)24(18-9-5-4-6-10-18)21-12-8-7-11-19(21)23(20)3/h4-16H,1-3H3. The number of anilines is 5. The summed E-state index contributed by atoms with van der Waals surface area (Å²) in [7, 11) is 2.15. The summed E-state index contributed by atoms with van der Waals surface area (Å²) in [6, 6.07) is 26.0. The summed E-state index contributed by atoms with van der Waals surface area (Å²) in [6.45, 7) is 4.49. The molecule has 120 valence electrons. The summed E-state index contributed by atoms with van der Waals surface area (Å²) >= 11 is 0. The minimum atomic E-state index is 0.510. The Kier molecular flexibility index (Phi) is 3.53. The molecule has 0 N–H and O–H groups in total. The summed E-state index contributed by atoms with van der Waals surface area (Å²) in [5, 5.41) is 0. The predicted octanol–water partition coefficient (Wildman–Crippen LogP) is 6.36. The van der Waals surface area contributed by atoms with Crippen LogP contribution in [0.3, 0.4) is 0 Å². The third-order valence-electron chi connectivity index (χ3n) is 4.77. The van der Waals surface area contributed by atoms with E-state index in [4.69, 9.17) is 0 Å². The summed E-state index contributed by atoms with van der Waals surface area (Å²) in [6.07, 6.45) is 0. The molecule has 0 radical (unpaired) electrons. The van der Waals surface area contributed by atoms with Gasteiger partial charge in [-0.3, -0.25) is 0 Å². The van der Waals surface area contributed by atoms with Crippen LogP contribution in [0.1, 0.15) is 25.3 Å². The van der Waals surface area contributed by atoms with Gasteiger partial charge in [-0.25, -0.2) is 0 Å². The lowest BCUT2D eigenvalue weighted by Crippen LogP contribution is -2.24. The highest BCUT2D eigenvalue weighted by Gasteiger charge is 2.27. The molecular weight excluding hydrogens is 292 g/mol. The van der Waals surface area contributed by atoms with Crippen LogP contribution in [0.15, 0.2) is 72.8 Å². The first kappa shape index (κ1) is 14.8. The first-order chi connectivity index (χ1) is 11.7. The molecule has 0 saturated heterocycles. The Labute approximate surface area is 144 Å². The second kappa shape index (κ2) is 5.72. The summed E-state index contributed by atoms with van der Waals surface area (Å²) in [4.78, 5) is 4.66. The van der Waals surface area contributed by atoms with Gasteiger partial charge >= 0.3 is 0 Å². The fourth-order valence-electron chi connectivity index (χ4n) is 3.41. The number of rotatable bonds is 2. The Bertz CT molecular complexity index is 868. The Morgan fingerprint density at radius 2 is 1.29 bits per heavy atom. The number of hydrogen-bond acceptors (Lipinski definition) is 2. The zero-order valence-corrected chi connectivity index (χ0v) is 14.4. The Hall–Kier alpha value is -2.74. The average Bonchev–Trinajstić information content (AvgIpc) is 2.62. The van der Waals surface area contributed by atoms with Crippen molar-refractivity contribution in [1.29, 1.82) is 0 Å². The van der Waals surface area contributed by atoms with Gasteiger partial charge in [-0.15, -0.1) is 0 Å². The molecule has 0 amide bonds. The van der Waals surface area contributed by atoms with Crippen LogP contribution in [0.25, 0.3) is 0 Å². The molecule has 0 aliphatic carbocycles. The van der Waals surface area contributed by atoms with E-state index < -0.39 is 0 Å². The van der Waals surface area contributed by atoms with Crippen LogP contribution in [0.4, 0.5) is 28.4 Å². The molecule has 0 bridgehead atoms. The van der Waals surface area contributed by atoms with E-state index in [1.807, 2.05) is 0 Å². The van der Waals surface area contributed by atoms with E-state index in [-0.39, 0.29) is 0 Å². The van der Waals surface area contributed by atoms with Crippen molar-refractivity contribution in [3.8, 4) is 0 Å². The van der Waals surface area contributed by atoms with Gasteiger partial charge in [0.05, 0.1) is 22.7 Å². The van der Waals surface area contributed by atoms with Gasteiger partial charge < -0.3 is 9.80 Å². The van der Waals surface area contributed by atoms with Gasteiger partial charge in [0.2, 0.25) is 0 Å². The smallest absolute Gasteiger partial charge is 0.0702 e. The van der Waals surface area contributed by atoms with E-state index in [2.05, 4.69) is 103 Å². The second-order valence-corrected chi connectivity index (χ2v) is 6.62. The summed E-state index contributed by atoms with van der Waals surface area (Å²) in [5.74, 6) is 0.510. The van der Waals surface area contributed by atoms with Gasteiger partial charge in [-0.1, -0.05) is 50.2 Å². The first-order valence-corrected chi connectivity index (χ1v) is 8.48. The molecule has 24 heavy (non-hydrogen) atoms. The quantitative estimate of drug-likeness (QED) is 0.543. The van der Waals surface area contributed by atoms with E-state index >= 15 is 0 Å². The van der Waals surface area contributed by atoms with Crippen molar-refractivity contribution in [2.75, 3.05) is 16.8 Å². The predicted molar refractivity (Wildman–Crippen MR) is 103 cm³/mol. The molecule has 1 aliphatic rings. The molecule has 0 atom stereocenters. The number of benzene rings is 3. The van der Waals surface area contributed by atoms with Crippen molar-refractivity contribution >= 4 is 28.4 Å². The first-order valence-electron chi connectivity index (χ1n) is 8.48. The van der Waals surface area contributed by atoms with Gasteiger partial charge in [-0.2, -0.15) is 0 Å². The van der Waals surface area contributed by atoms with E-state index in [1.54, 1.807) is 0 Å². The molecule has 0 fully saturated rings. The monoisotopic (exact) mass is 314 g/mol. The molecule has 2 heteroatoms. The van der Waals surface area contributed by atoms with E-state index in [0.717, 1.165) is 0 Å². The highest BCUT2D eigenvalue weighted by atomic mass is 15.3. The maximum Gasteiger partial charge on any atom is 0.0702 e. The van der Waals surface area contributed by atoms with Crippen LogP contribution in [0, 0.1) is 0 Å². The van der Waals surface area contributed by atoms with Gasteiger partial charge in [0, 0.05) is 12.7 Å². The third kappa shape index (κ3) is 2.26. The van der Waals surface area contributed by atoms with Crippen molar-refractivity contribution < 1.29 is 0 Å². The van der Waals surface area contributed by atoms with Crippen LogP contribution in [-0.2, 0) is 0 Å². The maximum absolute atomic E-state index is 2.37. The van der Waals surface area contributed by atoms with E-state index in [9.17, 15) is 0 Å². The molecule has 3 aromatic carbocycles.